The van der Waals surface area contributed by atoms with Gasteiger partial charge in [0.15, 0.2) is 0 Å². The van der Waals surface area contributed by atoms with Crippen molar-refractivity contribution in [2.75, 3.05) is 30.3 Å². The third-order valence-electron chi connectivity index (χ3n) is 4.62. The zero-order valence-electron chi connectivity index (χ0n) is 16.4. The van der Waals surface area contributed by atoms with Crippen LogP contribution < -0.4 is 10.6 Å². The average Bonchev–Trinajstić information content (AvgIpc) is 3.40. The summed E-state index contributed by atoms with van der Waals surface area (Å²) in [4.78, 5) is 17.7. The number of amides is 1. The van der Waals surface area contributed by atoms with Gasteiger partial charge in [-0.1, -0.05) is 13.8 Å². The lowest BCUT2D eigenvalue weighted by Gasteiger charge is -2.20. The average molecular weight is 423 g/mol. The largest absolute Gasteiger partial charge is 0.384 e. The van der Waals surface area contributed by atoms with Gasteiger partial charge in [-0.25, -0.2) is 13.4 Å². The first-order valence-electron chi connectivity index (χ1n) is 9.55. The van der Waals surface area contributed by atoms with Crippen LogP contribution in [0.5, 0.6) is 0 Å². The standard InChI is InChI=1S/C19H26N4O3S2/c1-4-20-15-10-9-14(28(25,26)23(5-2)6-3)11-16(15)22-18(24)17-12-21-19(27-17)13-7-8-13/h9-13,20H,4-8H2,1-3H3,(H,22,24). The number of carbonyl (C=O) groups excluding carboxylic acids is 1. The highest BCUT2D eigenvalue weighted by molar-refractivity contribution is 7.89. The Hall–Kier alpha value is -1.97. The van der Waals surface area contributed by atoms with Crippen molar-refractivity contribution >= 4 is 38.6 Å². The summed E-state index contributed by atoms with van der Waals surface area (Å²) in [7, 11) is -3.61. The Balaban J connectivity index is 1.89. The van der Waals surface area contributed by atoms with Gasteiger partial charge in [0, 0.05) is 25.6 Å². The van der Waals surface area contributed by atoms with Gasteiger partial charge in [-0.15, -0.1) is 11.3 Å². The summed E-state index contributed by atoms with van der Waals surface area (Å²) >= 11 is 1.40. The molecule has 7 nitrogen and oxygen atoms in total. The van der Waals surface area contributed by atoms with Crippen LogP contribution in [0.1, 0.15) is 54.2 Å². The molecule has 0 radical (unpaired) electrons. The number of hydrogen-bond acceptors (Lipinski definition) is 6. The molecule has 1 aliphatic carbocycles. The summed E-state index contributed by atoms with van der Waals surface area (Å²) in [5.74, 6) is 0.215. The van der Waals surface area contributed by atoms with Crippen LogP contribution in [0.4, 0.5) is 11.4 Å². The number of benzene rings is 1. The van der Waals surface area contributed by atoms with Gasteiger partial charge in [-0.2, -0.15) is 4.31 Å². The minimum absolute atomic E-state index is 0.163. The van der Waals surface area contributed by atoms with Crippen LogP contribution in [0, 0.1) is 0 Å². The zero-order valence-corrected chi connectivity index (χ0v) is 18.0. The molecule has 1 saturated carbocycles. The maximum absolute atomic E-state index is 12.8. The Morgan fingerprint density at radius 1 is 1.21 bits per heavy atom. The van der Waals surface area contributed by atoms with E-state index in [2.05, 4.69) is 15.6 Å². The van der Waals surface area contributed by atoms with E-state index >= 15 is 0 Å². The van der Waals surface area contributed by atoms with E-state index in [1.54, 1.807) is 32.2 Å². The van der Waals surface area contributed by atoms with E-state index in [1.807, 2.05) is 6.92 Å². The Morgan fingerprint density at radius 2 is 1.93 bits per heavy atom. The molecule has 1 aromatic carbocycles. The van der Waals surface area contributed by atoms with E-state index in [4.69, 9.17) is 0 Å². The van der Waals surface area contributed by atoms with E-state index in [-0.39, 0.29) is 10.8 Å². The lowest BCUT2D eigenvalue weighted by Crippen LogP contribution is -2.30. The number of aromatic nitrogens is 1. The predicted molar refractivity (Wildman–Crippen MR) is 113 cm³/mol. The van der Waals surface area contributed by atoms with Gasteiger partial charge in [-0.3, -0.25) is 4.79 Å². The number of thiazole rings is 1. The molecule has 9 heteroatoms. The number of sulfonamides is 1. The number of carbonyl (C=O) groups is 1. The first-order valence-corrected chi connectivity index (χ1v) is 11.8. The second-order valence-corrected chi connectivity index (χ2v) is 9.62. The first kappa shape index (κ1) is 20.8. The fraction of sp³-hybridized carbons (Fsp3) is 0.474. The molecule has 3 rings (SSSR count). The first-order chi connectivity index (χ1) is 13.4. The number of nitrogens with one attached hydrogen (secondary N) is 2. The highest BCUT2D eigenvalue weighted by Crippen LogP contribution is 2.41. The molecule has 1 aliphatic rings. The fourth-order valence-electron chi connectivity index (χ4n) is 2.94. The van der Waals surface area contributed by atoms with Crippen LogP contribution in [-0.2, 0) is 10.0 Å². The highest BCUT2D eigenvalue weighted by Gasteiger charge is 2.28. The van der Waals surface area contributed by atoms with Gasteiger partial charge in [0.1, 0.15) is 4.88 Å². The summed E-state index contributed by atoms with van der Waals surface area (Å²) in [5.41, 5.74) is 1.13. The van der Waals surface area contributed by atoms with E-state index in [0.717, 1.165) is 17.8 Å². The van der Waals surface area contributed by atoms with Crippen molar-refractivity contribution in [1.82, 2.24) is 9.29 Å². The van der Waals surface area contributed by atoms with Crippen molar-refractivity contribution < 1.29 is 13.2 Å². The predicted octanol–water partition coefficient (Wildman–Crippen LogP) is 3.74. The number of hydrogen-bond donors (Lipinski definition) is 2. The zero-order chi connectivity index (χ0) is 20.3. The van der Waals surface area contributed by atoms with Crippen molar-refractivity contribution in [1.29, 1.82) is 0 Å². The highest BCUT2D eigenvalue weighted by atomic mass is 32.2. The molecule has 0 saturated heterocycles. The molecular weight excluding hydrogens is 396 g/mol. The van der Waals surface area contributed by atoms with Gasteiger partial charge >= 0.3 is 0 Å². The van der Waals surface area contributed by atoms with Crippen LogP contribution in [0.15, 0.2) is 29.3 Å². The van der Waals surface area contributed by atoms with E-state index in [1.165, 1.54) is 21.7 Å². The van der Waals surface area contributed by atoms with E-state index in [0.29, 0.717) is 41.8 Å². The molecule has 1 heterocycles. The molecule has 152 valence electrons. The summed E-state index contributed by atoms with van der Waals surface area (Å²) in [6.07, 6.45) is 3.85. The van der Waals surface area contributed by atoms with Crippen molar-refractivity contribution in [2.45, 2.75) is 44.4 Å². The van der Waals surface area contributed by atoms with Crippen LogP contribution >= 0.6 is 11.3 Å². The quantitative estimate of drug-likeness (QED) is 0.642. The summed E-state index contributed by atoms with van der Waals surface area (Å²) < 4.78 is 27.1. The van der Waals surface area contributed by atoms with Crippen LogP contribution in [0.2, 0.25) is 0 Å². The number of nitrogens with zero attached hydrogens (tertiary/aromatic N) is 2. The van der Waals surface area contributed by atoms with Crippen molar-refractivity contribution in [3.8, 4) is 0 Å². The SMILES string of the molecule is CCNc1ccc(S(=O)(=O)N(CC)CC)cc1NC(=O)c1cnc(C2CC2)s1. The van der Waals surface area contributed by atoms with Gasteiger partial charge < -0.3 is 10.6 Å². The smallest absolute Gasteiger partial charge is 0.267 e. The molecule has 2 aromatic rings. The third kappa shape index (κ3) is 4.37. The van der Waals surface area contributed by atoms with E-state index in [9.17, 15) is 13.2 Å². The van der Waals surface area contributed by atoms with Gasteiger partial charge in [0.25, 0.3) is 5.91 Å². The second kappa shape index (κ2) is 8.59. The molecular formula is C19H26N4O3S2. The molecule has 1 amide bonds. The molecule has 0 unspecified atom stereocenters. The normalized spacial score (nSPS) is 14.3. The Bertz CT molecular complexity index is 948. The molecule has 0 bridgehead atoms. The van der Waals surface area contributed by atoms with Crippen molar-refractivity contribution in [3.63, 3.8) is 0 Å². The molecule has 1 aromatic heterocycles. The van der Waals surface area contributed by atoms with E-state index < -0.39 is 10.0 Å². The van der Waals surface area contributed by atoms with Gasteiger partial charge in [0.05, 0.1) is 27.5 Å². The van der Waals surface area contributed by atoms with Gasteiger partial charge in [0.2, 0.25) is 10.0 Å². The topological polar surface area (TPSA) is 91.4 Å². The Kier molecular flexibility index (Phi) is 6.36. The van der Waals surface area contributed by atoms with Crippen LogP contribution in [0.3, 0.4) is 0 Å². The Labute approximate surface area is 170 Å². The molecule has 0 spiro atoms. The number of rotatable bonds is 9. The molecule has 0 aliphatic heterocycles. The maximum atomic E-state index is 12.8. The fourth-order valence-corrected chi connectivity index (χ4v) is 5.41. The molecule has 28 heavy (non-hydrogen) atoms. The monoisotopic (exact) mass is 422 g/mol. The molecule has 2 N–H and O–H groups in total. The third-order valence-corrected chi connectivity index (χ3v) is 7.83. The minimum Gasteiger partial charge on any atom is -0.384 e. The lowest BCUT2D eigenvalue weighted by molar-refractivity contribution is 0.103. The Morgan fingerprint density at radius 3 is 2.54 bits per heavy atom. The van der Waals surface area contributed by atoms with Crippen LogP contribution in [-0.4, -0.2) is 43.2 Å². The number of anilines is 2. The maximum Gasteiger partial charge on any atom is 0.267 e. The lowest BCUT2D eigenvalue weighted by atomic mass is 10.2. The molecule has 0 atom stereocenters. The molecule has 1 fully saturated rings. The van der Waals surface area contributed by atoms with Crippen LogP contribution in [0.25, 0.3) is 0 Å². The summed E-state index contributed by atoms with van der Waals surface area (Å²) in [5, 5.41) is 7.02. The van der Waals surface area contributed by atoms with Crippen molar-refractivity contribution in [3.05, 3.63) is 34.3 Å². The second-order valence-electron chi connectivity index (χ2n) is 6.62. The van der Waals surface area contributed by atoms with Crippen molar-refractivity contribution in [2.24, 2.45) is 0 Å². The summed E-state index contributed by atoms with van der Waals surface area (Å²) in [6, 6.07) is 4.78. The minimum atomic E-state index is -3.61. The summed E-state index contributed by atoms with van der Waals surface area (Å²) in [6.45, 7) is 6.98. The van der Waals surface area contributed by atoms with Gasteiger partial charge in [-0.05, 0) is 38.0 Å².